The normalized spacial score (nSPS) is 21.0. The van der Waals surface area contributed by atoms with Crippen molar-refractivity contribution in [3.05, 3.63) is 102 Å². The lowest BCUT2D eigenvalue weighted by atomic mass is 9.93. The van der Waals surface area contributed by atoms with E-state index in [1.807, 2.05) is 67.6 Å². The zero-order valence-electron chi connectivity index (χ0n) is 17.8. The van der Waals surface area contributed by atoms with Crippen LogP contribution < -0.4 is 9.47 Å². The molecular formula is C27H28O3. The first kappa shape index (κ1) is 20.2. The maximum atomic E-state index is 10.8. The molecule has 0 heterocycles. The van der Waals surface area contributed by atoms with E-state index in [0.717, 1.165) is 28.5 Å². The SMILES string of the molecule is C=C(C)Oc1ccc(Oc2ccc(C(O)c3ccc(C4(C)CC4C)cc3)cc2)cc1. The molecule has 1 fully saturated rings. The Bertz CT molecular complexity index is 1020. The number of hydrogen-bond acceptors (Lipinski definition) is 3. The van der Waals surface area contributed by atoms with E-state index in [1.54, 1.807) is 0 Å². The highest BCUT2D eigenvalue weighted by molar-refractivity contribution is 5.40. The van der Waals surface area contributed by atoms with Crippen molar-refractivity contribution in [3.63, 3.8) is 0 Å². The summed E-state index contributed by atoms with van der Waals surface area (Å²) in [5, 5.41) is 10.8. The van der Waals surface area contributed by atoms with Gasteiger partial charge in [0.25, 0.3) is 0 Å². The van der Waals surface area contributed by atoms with Crippen LogP contribution in [0.3, 0.4) is 0 Å². The first-order chi connectivity index (χ1) is 14.3. The van der Waals surface area contributed by atoms with E-state index in [2.05, 4.69) is 32.6 Å². The molecule has 3 unspecified atom stereocenters. The molecule has 3 aromatic carbocycles. The Balaban J connectivity index is 1.41. The van der Waals surface area contributed by atoms with Gasteiger partial charge in [-0.3, -0.25) is 0 Å². The Morgan fingerprint density at radius 1 is 0.900 bits per heavy atom. The molecule has 1 aliphatic rings. The van der Waals surface area contributed by atoms with Crippen LogP contribution in [0.4, 0.5) is 0 Å². The molecule has 0 spiro atoms. The van der Waals surface area contributed by atoms with Crippen LogP contribution in [0.15, 0.2) is 85.1 Å². The zero-order chi connectivity index (χ0) is 21.3. The van der Waals surface area contributed by atoms with E-state index in [0.29, 0.717) is 16.9 Å². The molecule has 0 aliphatic heterocycles. The highest BCUT2D eigenvalue weighted by Crippen LogP contribution is 2.53. The third kappa shape index (κ3) is 4.27. The van der Waals surface area contributed by atoms with Gasteiger partial charge in [0, 0.05) is 0 Å². The Hall–Kier alpha value is -3.04. The molecule has 1 aliphatic carbocycles. The second kappa shape index (κ2) is 8.00. The molecule has 4 rings (SSSR count). The zero-order valence-corrected chi connectivity index (χ0v) is 17.8. The summed E-state index contributed by atoms with van der Waals surface area (Å²) < 4.78 is 11.3. The van der Waals surface area contributed by atoms with Crippen molar-refractivity contribution in [2.75, 3.05) is 0 Å². The third-order valence-electron chi connectivity index (χ3n) is 6.09. The summed E-state index contributed by atoms with van der Waals surface area (Å²) in [5.74, 6) is 3.53. The number of benzene rings is 3. The molecule has 1 saturated carbocycles. The maximum absolute atomic E-state index is 10.8. The summed E-state index contributed by atoms with van der Waals surface area (Å²) in [6.45, 7) is 10.1. The van der Waals surface area contributed by atoms with Gasteiger partial charge in [-0.15, -0.1) is 0 Å². The molecule has 0 amide bonds. The van der Waals surface area contributed by atoms with Gasteiger partial charge in [-0.25, -0.2) is 0 Å². The lowest BCUT2D eigenvalue weighted by Gasteiger charge is -2.15. The van der Waals surface area contributed by atoms with Crippen molar-refractivity contribution in [3.8, 4) is 17.2 Å². The molecule has 0 aromatic heterocycles. The van der Waals surface area contributed by atoms with Crippen molar-refractivity contribution < 1.29 is 14.6 Å². The lowest BCUT2D eigenvalue weighted by molar-refractivity contribution is 0.220. The highest BCUT2D eigenvalue weighted by Gasteiger charge is 2.47. The second-order valence-electron chi connectivity index (χ2n) is 8.49. The van der Waals surface area contributed by atoms with Gasteiger partial charge in [0.1, 0.15) is 23.4 Å². The Labute approximate surface area is 178 Å². The maximum Gasteiger partial charge on any atom is 0.127 e. The lowest BCUT2D eigenvalue weighted by Crippen LogP contribution is -2.04. The number of allylic oxidation sites excluding steroid dienone is 1. The van der Waals surface area contributed by atoms with E-state index in [-0.39, 0.29) is 0 Å². The molecule has 3 atom stereocenters. The van der Waals surface area contributed by atoms with Gasteiger partial charge in [-0.05, 0) is 77.8 Å². The minimum atomic E-state index is -0.656. The van der Waals surface area contributed by atoms with E-state index in [1.165, 1.54) is 12.0 Å². The van der Waals surface area contributed by atoms with Crippen LogP contribution in [0.1, 0.15) is 50.0 Å². The summed E-state index contributed by atoms with van der Waals surface area (Å²) in [5.41, 5.74) is 3.40. The standard InChI is InChI=1S/C27H28O3/c1-18(2)29-23-13-15-25(16-14-23)30-24-11-7-21(8-12-24)26(28)20-5-9-22(10-6-20)27(4)17-19(27)3/h5-16,19,26,28H,1,17H2,2-4H3. The molecule has 3 nitrogen and oxygen atoms in total. The monoisotopic (exact) mass is 400 g/mol. The molecule has 0 radical (unpaired) electrons. The van der Waals surface area contributed by atoms with Gasteiger partial charge < -0.3 is 14.6 Å². The van der Waals surface area contributed by atoms with E-state index in [9.17, 15) is 5.11 Å². The van der Waals surface area contributed by atoms with E-state index >= 15 is 0 Å². The molecule has 154 valence electrons. The fraction of sp³-hybridized carbons (Fsp3) is 0.259. The van der Waals surface area contributed by atoms with Crippen LogP contribution in [0, 0.1) is 5.92 Å². The number of aliphatic hydroxyl groups is 1. The molecule has 30 heavy (non-hydrogen) atoms. The van der Waals surface area contributed by atoms with Crippen molar-refractivity contribution in [2.45, 2.75) is 38.7 Å². The molecule has 0 bridgehead atoms. The molecule has 3 aromatic rings. The minimum absolute atomic E-state index is 0.303. The van der Waals surface area contributed by atoms with Crippen LogP contribution in [0.25, 0.3) is 0 Å². The second-order valence-corrected chi connectivity index (χ2v) is 8.49. The van der Waals surface area contributed by atoms with E-state index in [4.69, 9.17) is 9.47 Å². The smallest absolute Gasteiger partial charge is 0.127 e. The summed E-state index contributed by atoms with van der Waals surface area (Å²) >= 11 is 0. The molecule has 3 heteroatoms. The highest BCUT2D eigenvalue weighted by atomic mass is 16.5. The van der Waals surface area contributed by atoms with Gasteiger partial charge in [0.15, 0.2) is 0 Å². The van der Waals surface area contributed by atoms with Crippen molar-refractivity contribution in [1.82, 2.24) is 0 Å². The largest absolute Gasteiger partial charge is 0.463 e. The van der Waals surface area contributed by atoms with Gasteiger partial charge >= 0.3 is 0 Å². The van der Waals surface area contributed by atoms with Crippen LogP contribution in [-0.4, -0.2) is 5.11 Å². The van der Waals surface area contributed by atoms with Crippen LogP contribution >= 0.6 is 0 Å². The average molecular weight is 401 g/mol. The third-order valence-corrected chi connectivity index (χ3v) is 6.09. The van der Waals surface area contributed by atoms with E-state index < -0.39 is 6.10 Å². The quantitative estimate of drug-likeness (QED) is 0.445. The van der Waals surface area contributed by atoms with Crippen LogP contribution in [0.5, 0.6) is 17.2 Å². The average Bonchev–Trinajstić information content (AvgIpc) is 3.37. The predicted octanol–water partition coefficient (Wildman–Crippen LogP) is 6.77. The summed E-state index contributed by atoms with van der Waals surface area (Å²) in [6, 6.07) is 23.3. The topological polar surface area (TPSA) is 38.7 Å². The van der Waals surface area contributed by atoms with Crippen LogP contribution in [-0.2, 0) is 5.41 Å². The Morgan fingerprint density at radius 2 is 1.33 bits per heavy atom. The predicted molar refractivity (Wildman–Crippen MR) is 120 cm³/mol. The number of rotatable bonds is 7. The van der Waals surface area contributed by atoms with Gasteiger partial charge in [-0.1, -0.05) is 56.8 Å². The Morgan fingerprint density at radius 3 is 1.80 bits per heavy atom. The van der Waals surface area contributed by atoms with Crippen molar-refractivity contribution >= 4 is 0 Å². The van der Waals surface area contributed by atoms with Crippen LogP contribution in [0.2, 0.25) is 0 Å². The summed E-state index contributed by atoms with van der Waals surface area (Å²) in [7, 11) is 0. The first-order valence-electron chi connectivity index (χ1n) is 10.3. The number of aliphatic hydroxyl groups excluding tert-OH is 1. The summed E-state index contributed by atoms with van der Waals surface area (Å²) in [4.78, 5) is 0. The fourth-order valence-corrected chi connectivity index (χ4v) is 3.85. The Kier molecular flexibility index (Phi) is 5.40. The molecule has 1 N–H and O–H groups in total. The van der Waals surface area contributed by atoms with Crippen molar-refractivity contribution in [2.24, 2.45) is 5.92 Å². The first-order valence-corrected chi connectivity index (χ1v) is 10.3. The van der Waals surface area contributed by atoms with Crippen molar-refractivity contribution in [1.29, 1.82) is 0 Å². The number of hydrogen-bond donors (Lipinski definition) is 1. The summed E-state index contributed by atoms with van der Waals surface area (Å²) in [6.07, 6.45) is 0.580. The molecule has 0 saturated heterocycles. The van der Waals surface area contributed by atoms with Gasteiger partial charge in [0.05, 0.1) is 5.76 Å². The van der Waals surface area contributed by atoms with Gasteiger partial charge in [0.2, 0.25) is 0 Å². The fourth-order valence-electron chi connectivity index (χ4n) is 3.85. The molecular weight excluding hydrogens is 372 g/mol. The minimum Gasteiger partial charge on any atom is -0.463 e. The van der Waals surface area contributed by atoms with Gasteiger partial charge in [-0.2, -0.15) is 0 Å². The number of ether oxygens (including phenoxy) is 2.